The summed E-state index contributed by atoms with van der Waals surface area (Å²) in [6.45, 7) is 8.63. The van der Waals surface area contributed by atoms with Crippen molar-refractivity contribution in [1.29, 1.82) is 0 Å². The van der Waals surface area contributed by atoms with Crippen LogP contribution in [0.1, 0.15) is 58.3 Å². The summed E-state index contributed by atoms with van der Waals surface area (Å²) in [6.07, 6.45) is 16.8. The second-order valence-corrected chi connectivity index (χ2v) is 22.6. The van der Waals surface area contributed by atoms with Crippen LogP contribution in [0.25, 0.3) is 21.8 Å². The topological polar surface area (TPSA) is 202 Å². The lowest BCUT2D eigenvalue weighted by Gasteiger charge is -2.31. The Kier molecular flexibility index (Phi) is 20.6. The molecule has 3 N–H and O–H groups in total. The van der Waals surface area contributed by atoms with E-state index in [1.54, 1.807) is 37.2 Å². The smallest absolute Gasteiger partial charge is 0.393 e. The Morgan fingerprint density at radius 3 is 1.59 bits per heavy atom. The first-order valence-corrected chi connectivity index (χ1v) is 28.8. The van der Waals surface area contributed by atoms with Crippen LogP contribution in [0.15, 0.2) is 98.1 Å². The van der Waals surface area contributed by atoms with Crippen molar-refractivity contribution in [2.75, 3.05) is 80.1 Å². The molecule has 6 aromatic rings. The van der Waals surface area contributed by atoms with Gasteiger partial charge in [0.1, 0.15) is 35.8 Å². The van der Waals surface area contributed by atoms with Gasteiger partial charge in [-0.15, -0.1) is 0 Å². The highest BCUT2D eigenvalue weighted by atomic mass is 35.6. The van der Waals surface area contributed by atoms with Crippen molar-refractivity contribution in [3.8, 4) is 11.5 Å². The van der Waals surface area contributed by atoms with Gasteiger partial charge in [-0.2, -0.15) is 0 Å². The number of amides is 1. The molecule has 2 saturated heterocycles. The number of hydrogen-bond donors (Lipinski definition) is 2. The second-order valence-electron chi connectivity index (χ2n) is 17.9. The van der Waals surface area contributed by atoms with Crippen molar-refractivity contribution in [2.24, 2.45) is 11.8 Å². The van der Waals surface area contributed by atoms with Crippen molar-refractivity contribution in [1.82, 2.24) is 29.9 Å². The lowest BCUT2D eigenvalue weighted by Crippen LogP contribution is -2.36. The van der Waals surface area contributed by atoms with E-state index in [9.17, 15) is 9.59 Å². The average Bonchev–Trinajstić information content (AvgIpc) is 3.40. The normalized spacial score (nSPS) is 19.8. The molecule has 2 aliphatic carbocycles. The molecule has 17 nitrogen and oxygen atoms in total. The summed E-state index contributed by atoms with van der Waals surface area (Å²) in [5, 5.41) is 4.76. The number of nitrogen functional groups attached to an aromatic ring is 1. The van der Waals surface area contributed by atoms with Crippen LogP contribution in [-0.2, 0) is 23.8 Å². The average molecular weight is 1010 g/mol. The number of nitrogens with two attached hydrogens (primary N) is 1. The number of carbonyl (C=O) groups is 2. The van der Waals surface area contributed by atoms with Gasteiger partial charge in [0.15, 0.2) is 0 Å². The molecule has 0 spiro atoms. The Bertz CT molecular complexity index is 2560. The largest absolute Gasteiger partial charge is 0.490 e. The number of nitrogens with one attached hydrogen (secondary N) is 1. The fourth-order valence-corrected chi connectivity index (χ4v) is 8.80. The number of benzene rings is 2. The maximum atomic E-state index is 12.6. The minimum atomic E-state index is -0.667. The molecule has 0 atom stereocenters. The SMILES string of the molecule is CCOC(=O)C1CCC(Oc2cc(N3CCOCC3)cc3ncncc23)CC1.Nc1ccccn1.O=C(Nc1ccccn1)C1CCC(Oc2cc(N3CCOCC3)cc3ncncc23)CC1.[CH3][Al]([CH3])[Cl]. The van der Waals surface area contributed by atoms with Crippen molar-refractivity contribution in [3.63, 3.8) is 0 Å². The molecule has 376 valence electrons. The molecular formula is C52H66AlClN10O7. The lowest BCUT2D eigenvalue weighted by atomic mass is 9.86. The van der Waals surface area contributed by atoms with Crippen LogP contribution < -0.4 is 30.3 Å². The number of halogens is 1. The number of rotatable bonds is 10. The number of esters is 1. The summed E-state index contributed by atoms with van der Waals surface area (Å²) in [7, 11) is 5.41. The van der Waals surface area contributed by atoms with Crippen LogP contribution >= 0.6 is 10.0 Å². The van der Waals surface area contributed by atoms with Gasteiger partial charge in [0.25, 0.3) is 0 Å². The predicted molar refractivity (Wildman–Crippen MR) is 279 cm³/mol. The van der Waals surface area contributed by atoms with E-state index in [4.69, 9.17) is 39.5 Å². The molecule has 71 heavy (non-hydrogen) atoms. The van der Waals surface area contributed by atoms with Gasteiger partial charge in [0, 0.05) is 80.4 Å². The van der Waals surface area contributed by atoms with Crippen LogP contribution in [0.2, 0.25) is 11.6 Å². The molecule has 4 fully saturated rings. The zero-order chi connectivity index (χ0) is 49.8. The number of fused-ring (bicyclic) bond motifs is 2. The molecule has 0 radical (unpaired) electrons. The summed E-state index contributed by atoms with van der Waals surface area (Å²) >= 11 is -0.667. The fourth-order valence-electron chi connectivity index (χ4n) is 8.80. The van der Waals surface area contributed by atoms with E-state index in [1.165, 1.54) is 0 Å². The van der Waals surface area contributed by atoms with Gasteiger partial charge in [0.2, 0.25) is 5.91 Å². The number of pyridine rings is 2. The number of anilines is 4. The summed E-state index contributed by atoms with van der Waals surface area (Å²) in [5.41, 5.74) is 9.20. The van der Waals surface area contributed by atoms with Gasteiger partial charge in [-0.1, -0.05) is 23.7 Å². The Hall–Kier alpha value is -5.90. The van der Waals surface area contributed by atoms with Gasteiger partial charge in [-0.25, -0.2) is 29.9 Å². The predicted octanol–water partition coefficient (Wildman–Crippen LogP) is 8.54. The highest BCUT2D eigenvalue weighted by Gasteiger charge is 2.30. The molecule has 1 amide bonds. The molecular weight excluding hydrogens is 939 g/mol. The molecule has 2 aromatic carbocycles. The summed E-state index contributed by atoms with van der Waals surface area (Å²) in [6, 6.07) is 19.3. The molecule has 6 heterocycles. The maximum absolute atomic E-state index is 12.6. The monoisotopic (exact) mass is 1000 g/mol. The van der Waals surface area contributed by atoms with Crippen LogP contribution in [0.3, 0.4) is 0 Å². The molecule has 4 aromatic heterocycles. The van der Waals surface area contributed by atoms with Crippen LogP contribution in [-0.4, -0.2) is 126 Å². The molecule has 10 rings (SSSR count). The number of aromatic nitrogens is 6. The van der Waals surface area contributed by atoms with Gasteiger partial charge in [-0.3, -0.25) is 19.6 Å². The molecule has 0 bridgehead atoms. The molecule has 19 heteroatoms. The first-order valence-electron chi connectivity index (χ1n) is 24.8. The third-order valence-corrected chi connectivity index (χ3v) is 12.4. The first kappa shape index (κ1) is 52.9. The second kappa shape index (κ2) is 27.6. The molecule has 0 unspecified atom stereocenters. The summed E-state index contributed by atoms with van der Waals surface area (Å²) in [5.74, 6) is 6.89. The number of hydrogen-bond acceptors (Lipinski definition) is 16. The fraction of sp³-hybridized carbons (Fsp3) is 0.462. The zero-order valence-corrected chi connectivity index (χ0v) is 42.9. The van der Waals surface area contributed by atoms with Crippen molar-refractivity contribution < 1.29 is 33.3 Å². The lowest BCUT2D eigenvalue weighted by molar-refractivity contribution is -0.149. The third-order valence-electron chi connectivity index (χ3n) is 12.4. The standard InChI is InChI=1S/C24H27N5O3.C21H27N3O4.C5H6N2.2CH3.Al.ClH/c30-24(28-23-3-1-2-8-26-23)17-4-6-19(7-5-17)32-22-14-18(29-9-11-31-12-10-29)13-21-20(22)15-25-16-27-21;1-2-27-21(25)15-3-5-17(6-4-15)28-20-12-16(24-7-9-26-10-8-24)11-19-18(20)13-22-14-23-19;6-5-3-1-2-4-7-5;;;;/h1-3,8,13-17,19H,4-7,9-12H2,(H,26,28,30);11-15,17H,2-10H2,1H3;1-4H,(H2,6,7);2*1H3;;1H/q;;;;;+1;/p-1. The molecule has 2 saturated carbocycles. The Balaban J connectivity index is 0.000000173. The quantitative estimate of drug-likeness (QED) is 0.0975. The highest BCUT2D eigenvalue weighted by molar-refractivity contribution is 7.05. The maximum Gasteiger partial charge on any atom is 0.393 e. The van der Waals surface area contributed by atoms with Gasteiger partial charge < -0.3 is 44.5 Å². The molecule has 4 aliphatic rings. The minimum Gasteiger partial charge on any atom is -0.490 e. The van der Waals surface area contributed by atoms with E-state index in [1.807, 2.05) is 43.6 Å². The zero-order valence-electron chi connectivity index (χ0n) is 41.0. The van der Waals surface area contributed by atoms with Gasteiger partial charge in [0.05, 0.1) is 73.0 Å². The Morgan fingerprint density at radius 2 is 1.17 bits per heavy atom. The highest BCUT2D eigenvalue weighted by Crippen LogP contribution is 2.37. The van der Waals surface area contributed by atoms with E-state index in [0.717, 1.165) is 149 Å². The van der Waals surface area contributed by atoms with E-state index in [2.05, 4.69) is 80.9 Å². The third kappa shape index (κ3) is 16.3. The number of morpholine rings is 2. The summed E-state index contributed by atoms with van der Waals surface area (Å²) < 4.78 is 29.0. The summed E-state index contributed by atoms with van der Waals surface area (Å²) in [4.78, 5) is 54.4. The number of nitrogens with zero attached hydrogens (tertiary/aromatic N) is 8. The van der Waals surface area contributed by atoms with Crippen LogP contribution in [0, 0.1) is 11.8 Å². The van der Waals surface area contributed by atoms with Gasteiger partial charge in [-0.05, 0) is 94.7 Å². The van der Waals surface area contributed by atoms with Crippen molar-refractivity contribution in [3.05, 3.63) is 98.1 Å². The molecule has 2 aliphatic heterocycles. The Labute approximate surface area is 424 Å². The first-order chi connectivity index (χ1) is 34.6. The van der Waals surface area contributed by atoms with E-state index >= 15 is 0 Å². The number of ether oxygens (including phenoxy) is 5. The number of carbonyl (C=O) groups excluding carboxylic acids is 2. The van der Waals surface area contributed by atoms with E-state index < -0.39 is 13.2 Å². The van der Waals surface area contributed by atoms with Crippen molar-refractivity contribution in [2.45, 2.75) is 82.1 Å². The van der Waals surface area contributed by atoms with Crippen LogP contribution in [0.4, 0.5) is 23.0 Å². The van der Waals surface area contributed by atoms with Crippen LogP contribution in [0.5, 0.6) is 11.5 Å². The van der Waals surface area contributed by atoms with E-state index in [-0.39, 0.29) is 35.9 Å². The Morgan fingerprint density at radius 1 is 0.690 bits per heavy atom. The minimum absolute atomic E-state index is 0.000406. The van der Waals surface area contributed by atoms with Crippen molar-refractivity contribution >= 4 is 80.0 Å². The van der Waals surface area contributed by atoms with Gasteiger partial charge >= 0.3 is 19.2 Å². The van der Waals surface area contributed by atoms with E-state index in [0.29, 0.717) is 18.2 Å².